The van der Waals surface area contributed by atoms with Crippen LogP contribution in [0.2, 0.25) is 0 Å². The van der Waals surface area contributed by atoms with E-state index in [-0.39, 0.29) is 5.91 Å². The zero-order chi connectivity index (χ0) is 11.7. The second kappa shape index (κ2) is 4.20. The highest BCUT2D eigenvalue weighted by Gasteiger charge is 2.29. The molecule has 2 atom stereocenters. The van der Waals surface area contributed by atoms with Crippen LogP contribution in [0.5, 0.6) is 0 Å². The average Bonchev–Trinajstić information content (AvgIpc) is 2.58. The van der Waals surface area contributed by atoms with Gasteiger partial charge in [0, 0.05) is 30.9 Å². The number of aromatic nitrogens is 1. The fourth-order valence-electron chi connectivity index (χ4n) is 2.01. The Hall–Kier alpha value is -1.45. The summed E-state index contributed by atoms with van der Waals surface area (Å²) in [5.74, 6) is 0.315. The third kappa shape index (κ3) is 2.05. The van der Waals surface area contributed by atoms with Crippen molar-refractivity contribution in [1.29, 1.82) is 0 Å². The van der Waals surface area contributed by atoms with E-state index in [2.05, 4.69) is 18.8 Å². The standard InChI is InChI=1S/C12H15FN2O/c1-8-6-15(7-9(8)2)12(16)10-3-4-14-11(13)5-10/h3-5,8-9H,6-7H2,1-2H3. The first-order valence-electron chi connectivity index (χ1n) is 5.48. The lowest BCUT2D eigenvalue weighted by Crippen LogP contribution is -2.28. The summed E-state index contributed by atoms with van der Waals surface area (Å²) >= 11 is 0. The van der Waals surface area contributed by atoms with Crippen molar-refractivity contribution in [2.24, 2.45) is 11.8 Å². The van der Waals surface area contributed by atoms with Gasteiger partial charge in [-0.3, -0.25) is 4.79 Å². The van der Waals surface area contributed by atoms with E-state index in [1.807, 2.05) is 0 Å². The molecule has 0 spiro atoms. The molecule has 2 rings (SSSR count). The molecule has 1 aromatic heterocycles. The zero-order valence-corrected chi connectivity index (χ0v) is 9.48. The summed E-state index contributed by atoms with van der Waals surface area (Å²) in [6.45, 7) is 5.77. The molecule has 0 aromatic carbocycles. The second-order valence-electron chi connectivity index (χ2n) is 4.53. The van der Waals surface area contributed by atoms with Crippen molar-refractivity contribution in [1.82, 2.24) is 9.88 Å². The SMILES string of the molecule is CC1CN(C(=O)c2ccnc(F)c2)CC1C. The zero-order valence-electron chi connectivity index (χ0n) is 9.48. The van der Waals surface area contributed by atoms with Gasteiger partial charge < -0.3 is 4.90 Å². The molecular formula is C12H15FN2O. The van der Waals surface area contributed by atoms with Crippen molar-refractivity contribution in [3.05, 3.63) is 29.8 Å². The smallest absolute Gasteiger partial charge is 0.254 e. The number of pyridine rings is 1. The van der Waals surface area contributed by atoms with Crippen LogP contribution in [-0.2, 0) is 0 Å². The number of rotatable bonds is 1. The normalized spacial score (nSPS) is 24.8. The summed E-state index contributed by atoms with van der Waals surface area (Å²) in [5.41, 5.74) is 0.383. The van der Waals surface area contributed by atoms with Crippen molar-refractivity contribution >= 4 is 5.91 Å². The molecule has 0 bridgehead atoms. The van der Waals surface area contributed by atoms with E-state index in [1.54, 1.807) is 11.0 Å². The number of nitrogens with zero attached hydrogens (tertiary/aromatic N) is 2. The average molecular weight is 222 g/mol. The van der Waals surface area contributed by atoms with Crippen LogP contribution in [0, 0.1) is 17.8 Å². The number of carbonyl (C=O) groups is 1. The van der Waals surface area contributed by atoms with Gasteiger partial charge in [-0.05, 0) is 17.9 Å². The molecule has 16 heavy (non-hydrogen) atoms. The Balaban J connectivity index is 2.14. The van der Waals surface area contributed by atoms with Gasteiger partial charge in [-0.25, -0.2) is 4.98 Å². The first kappa shape index (κ1) is 11.0. The van der Waals surface area contributed by atoms with E-state index in [9.17, 15) is 9.18 Å². The molecule has 3 nitrogen and oxygen atoms in total. The molecular weight excluding hydrogens is 207 g/mol. The maximum Gasteiger partial charge on any atom is 0.254 e. The van der Waals surface area contributed by atoms with Crippen LogP contribution in [0.3, 0.4) is 0 Å². The van der Waals surface area contributed by atoms with E-state index in [1.165, 1.54) is 12.3 Å². The van der Waals surface area contributed by atoms with Crippen molar-refractivity contribution in [2.45, 2.75) is 13.8 Å². The summed E-state index contributed by atoms with van der Waals surface area (Å²) < 4.78 is 12.9. The largest absolute Gasteiger partial charge is 0.338 e. The first-order valence-corrected chi connectivity index (χ1v) is 5.48. The highest BCUT2D eigenvalue weighted by atomic mass is 19.1. The number of amides is 1. The van der Waals surface area contributed by atoms with E-state index in [0.717, 1.165) is 13.1 Å². The molecule has 1 aliphatic heterocycles. The Bertz CT molecular complexity index is 398. The number of likely N-dealkylation sites (tertiary alicyclic amines) is 1. The van der Waals surface area contributed by atoms with Crippen LogP contribution in [0.4, 0.5) is 4.39 Å². The fraction of sp³-hybridized carbons (Fsp3) is 0.500. The maximum absolute atomic E-state index is 12.9. The molecule has 1 aromatic rings. The molecule has 2 unspecified atom stereocenters. The molecule has 0 radical (unpaired) electrons. The lowest BCUT2D eigenvalue weighted by atomic mass is 10.0. The molecule has 4 heteroatoms. The molecule has 1 fully saturated rings. The minimum atomic E-state index is -0.605. The predicted molar refractivity (Wildman–Crippen MR) is 58.4 cm³/mol. The minimum absolute atomic E-state index is 0.0995. The van der Waals surface area contributed by atoms with Crippen LogP contribution in [-0.4, -0.2) is 28.9 Å². The van der Waals surface area contributed by atoms with E-state index in [0.29, 0.717) is 17.4 Å². The van der Waals surface area contributed by atoms with Crippen molar-refractivity contribution in [3.63, 3.8) is 0 Å². The number of hydrogen-bond donors (Lipinski definition) is 0. The van der Waals surface area contributed by atoms with Gasteiger partial charge in [-0.2, -0.15) is 4.39 Å². The Morgan fingerprint density at radius 2 is 2.06 bits per heavy atom. The van der Waals surface area contributed by atoms with Gasteiger partial charge in [0.1, 0.15) is 0 Å². The Kier molecular flexibility index (Phi) is 2.90. The third-order valence-electron chi connectivity index (χ3n) is 3.25. The van der Waals surface area contributed by atoms with Crippen molar-refractivity contribution < 1.29 is 9.18 Å². The second-order valence-corrected chi connectivity index (χ2v) is 4.53. The van der Waals surface area contributed by atoms with Gasteiger partial charge in [0.25, 0.3) is 5.91 Å². The van der Waals surface area contributed by atoms with Gasteiger partial charge in [-0.15, -0.1) is 0 Å². The number of halogens is 1. The van der Waals surface area contributed by atoms with E-state index >= 15 is 0 Å². The molecule has 86 valence electrons. The van der Waals surface area contributed by atoms with Crippen LogP contribution in [0.15, 0.2) is 18.3 Å². The van der Waals surface area contributed by atoms with Crippen molar-refractivity contribution in [2.75, 3.05) is 13.1 Å². The topological polar surface area (TPSA) is 33.2 Å². The predicted octanol–water partition coefficient (Wildman–Crippen LogP) is 1.95. The van der Waals surface area contributed by atoms with Crippen LogP contribution < -0.4 is 0 Å². The highest BCUT2D eigenvalue weighted by Crippen LogP contribution is 2.23. The van der Waals surface area contributed by atoms with Gasteiger partial charge in [0.2, 0.25) is 5.95 Å². The molecule has 0 N–H and O–H groups in total. The van der Waals surface area contributed by atoms with Crippen LogP contribution >= 0.6 is 0 Å². The fourth-order valence-corrected chi connectivity index (χ4v) is 2.01. The van der Waals surface area contributed by atoms with Gasteiger partial charge >= 0.3 is 0 Å². The highest BCUT2D eigenvalue weighted by molar-refractivity contribution is 5.94. The Morgan fingerprint density at radius 1 is 1.44 bits per heavy atom. The summed E-state index contributed by atoms with van der Waals surface area (Å²) in [5, 5.41) is 0. The van der Waals surface area contributed by atoms with Gasteiger partial charge in [-0.1, -0.05) is 13.8 Å². The molecule has 1 amide bonds. The Morgan fingerprint density at radius 3 is 2.62 bits per heavy atom. The van der Waals surface area contributed by atoms with Crippen LogP contribution in [0.1, 0.15) is 24.2 Å². The lowest BCUT2D eigenvalue weighted by molar-refractivity contribution is 0.0784. The summed E-state index contributed by atoms with van der Waals surface area (Å²) in [6, 6.07) is 2.75. The van der Waals surface area contributed by atoms with Crippen LogP contribution in [0.25, 0.3) is 0 Å². The van der Waals surface area contributed by atoms with Gasteiger partial charge in [0.05, 0.1) is 0 Å². The molecule has 1 aliphatic rings. The van der Waals surface area contributed by atoms with E-state index in [4.69, 9.17) is 0 Å². The third-order valence-corrected chi connectivity index (χ3v) is 3.25. The summed E-state index contributed by atoms with van der Waals surface area (Å²) in [4.78, 5) is 17.2. The summed E-state index contributed by atoms with van der Waals surface area (Å²) in [7, 11) is 0. The maximum atomic E-state index is 12.9. The number of carbonyl (C=O) groups excluding carboxylic acids is 1. The van der Waals surface area contributed by atoms with E-state index < -0.39 is 5.95 Å². The van der Waals surface area contributed by atoms with Gasteiger partial charge in [0.15, 0.2) is 0 Å². The first-order chi connectivity index (χ1) is 7.58. The lowest BCUT2D eigenvalue weighted by Gasteiger charge is -2.15. The molecule has 1 saturated heterocycles. The molecule has 0 aliphatic carbocycles. The number of hydrogen-bond acceptors (Lipinski definition) is 2. The summed E-state index contributed by atoms with van der Waals surface area (Å²) in [6.07, 6.45) is 1.32. The molecule has 0 saturated carbocycles. The van der Waals surface area contributed by atoms with Crippen molar-refractivity contribution in [3.8, 4) is 0 Å². The Labute approximate surface area is 94.3 Å². The monoisotopic (exact) mass is 222 g/mol. The molecule has 2 heterocycles. The minimum Gasteiger partial charge on any atom is -0.338 e. The quantitative estimate of drug-likeness (QED) is 0.680.